The maximum atomic E-state index is 11.9. The van der Waals surface area contributed by atoms with Crippen LogP contribution in [-0.4, -0.2) is 19.9 Å². The van der Waals surface area contributed by atoms with Gasteiger partial charge in [0.05, 0.1) is 10.2 Å². The highest BCUT2D eigenvalue weighted by molar-refractivity contribution is 9.10. The molecule has 0 aliphatic heterocycles. The van der Waals surface area contributed by atoms with E-state index in [1.807, 2.05) is 13.8 Å². The van der Waals surface area contributed by atoms with Crippen LogP contribution in [0.15, 0.2) is 50.6 Å². The molecule has 0 aliphatic carbocycles. The molecular weight excluding hydrogens is 390 g/mol. The van der Waals surface area contributed by atoms with E-state index in [9.17, 15) is 14.7 Å². The van der Waals surface area contributed by atoms with Gasteiger partial charge >= 0.3 is 5.69 Å². The number of aromatic amines is 1. The number of aromatic hydroxyl groups is 1. The van der Waals surface area contributed by atoms with Crippen LogP contribution in [0.4, 0.5) is 0 Å². The van der Waals surface area contributed by atoms with Crippen LogP contribution in [0.25, 0.3) is 5.69 Å². The second kappa shape index (κ2) is 6.56. The van der Waals surface area contributed by atoms with Crippen molar-refractivity contribution in [2.75, 3.05) is 0 Å². The molecule has 8 heteroatoms. The number of nitrogens with zero attached hydrogens (tertiary/aromatic N) is 2. The van der Waals surface area contributed by atoms with E-state index in [1.54, 1.807) is 24.3 Å². The number of hydrogen-bond acceptors (Lipinski definition) is 5. The van der Waals surface area contributed by atoms with Crippen molar-refractivity contribution in [1.29, 1.82) is 0 Å². The van der Waals surface area contributed by atoms with E-state index in [0.29, 0.717) is 21.7 Å². The van der Waals surface area contributed by atoms with Crippen LogP contribution in [0, 0.1) is 13.8 Å². The third-order valence-electron chi connectivity index (χ3n) is 3.54. The number of phenolic OH excluding ortho intramolecular Hbond substituents is 1. The Morgan fingerprint density at radius 1 is 1.16 bits per heavy atom. The number of aryl methyl sites for hydroxylation is 2. The lowest BCUT2D eigenvalue weighted by molar-refractivity contribution is 0.458. The summed E-state index contributed by atoms with van der Waals surface area (Å²) < 4.78 is 7.55. The summed E-state index contributed by atoms with van der Waals surface area (Å²) in [5.41, 5.74) is 0.948. The van der Waals surface area contributed by atoms with Gasteiger partial charge in [0.1, 0.15) is 23.4 Å². The van der Waals surface area contributed by atoms with Crippen LogP contribution in [0.3, 0.4) is 0 Å². The van der Waals surface area contributed by atoms with E-state index in [2.05, 4.69) is 26.0 Å². The van der Waals surface area contributed by atoms with E-state index in [1.165, 1.54) is 6.07 Å². The average Bonchev–Trinajstić information content (AvgIpc) is 2.54. The fourth-order valence-electron chi connectivity index (χ4n) is 2.42. The SMILES string of the molecule is Cc1cc(-n2ncc(=O)[nH]c2=O)cc(C)c1Oc1ccc(O)c(Br)c1. The van der Waals surface area contributed by atoms with Crippen LogP contribution in [0.5, 0.6) is 17.2 Å². The fraction of sp³-hybridized carbons (Fsp3) is 0.118. The highest BCUT2D eigenvalue weighted by Crippen LogP contribution is 2.34. The van der Waals surface area contributed by atoms with Gasteiger partial charge in [-0.3, -0.25) is 9.78 Å². The Morgan fingerprint density at radius 3 is 2.44 bits per heavy atom. The summed E-state index contributed by atoms with van der Waals surface area (Å²) in [5, 5.41) is 13.4. The third kappa shape index (κ3) is 3.48. The minimum atomic E-state index is -0.609. The molecule has 128 valence electrons. The van der Waals surface area contributed by atoms with Gasteiger partial charge in [0, 0.05) is 0 Å². The Labute approximate surface area is 150 Å². The summed E-state index contributed by atoms with van der Waals surface area (Å²) >= 11 is 3.25. The Kier molecular flexibility index (Phi) is 4.45. The molecule has 0 aliphatic rings. The first-order valence-electron chi connectivity index (χ1n) is 7.32. The monoisotopic (exact) mass is 403 g/mol. The van der Waals surface area contributed by atoms with Crippen molar-refractivity contribution in [1.82, 2.24) is 14.8 Å². The van der Waals surface area contributed by atoms with Gasteiger partial charge in [-0.1, -0.05) is 0 Å². The van der Waals surface area contributed by atoms with Gasteiger partial charge in [-0.15, -0.1) is 0 Å². The minimum absolute atomic E-state index is 0.125. The molecule has 25 heavy (non-hydrogen) atoms. The molecule has 0 fully saturated rings. The number of phenols is 1. The maximum absolute atomic E-state index is 11.9. The largest absolute Gasteiger partial charge is 0.507 e. The van der Waals surface area contributed by atoms with Gasteiger partial charge in [0.2, 0.25) is 0 Å². The van der Waals surface area contributed by atoms with E-state index in [4.69, 9.17) is 4.74 Å². The molecular formula is C17H14BrN3O4. The van der Waals surface area contributed by atoms with Gasteiger partial charge in [-0.05, 0) is 71.2 Å². The molecule has 0 spiro atoms. The summed E-state index contributed by atoms with van der Waals surface area (Å²) in [6.45, 7) is 3.69. The second-order valence-corrected chi connectivity index (χ2v) is 6.33. The van der Waals surface area contributed by atoms with Crippen molar-refractivity contribution in [3.05, 3.63) is 73.0 Å². The quantitative estimate of drug-likeness (QED) is 0.700. The van der Waals surface area contributed by atoms with Crippen molar-refractivity contribution in [3.8, 4) is 22.9 Å². The zero-order chi connectivity index (χ0) is 18.1. The highest BCUT2D eigenvalue weighted by Gasteiger charge is 2.11. The predicted octanol–water partition coefficient (Wildman–Crippen LogP) is 2.80. The molecule has 0 radical (unpaired) electrons. The maximum Gasteiger partial charge on any atom is 0.349 e. The molecule has 2 aromatic carbocycles. The molecule has 0 saturated carbocycles. The Bertz CT molecular complexity index is 1050. The van der Waals surface area contributed by atoms with Gasteiger partial charge < -0.3 is 9.84 Å². The lowest BCUT2D eigenvalue weighted by atomic mass is 10.1. The molecule has 0 saturated heterocycles. The molecule has 0 amide bonds. The van der Waals surface area contributed by atoms with Crippen LogP contribution < -0.4 is 16.0 Å². The fourth-order valence-corrected chi connectivity index (χ4v) is 2.77. The Hall–Kier alpha value is -2.87. The number of halogens is 1. The number of rotatable bonds is 3. The molecule has 0 atom stereocenters. The zero-order valence-corrected chi connectivity index (χ0v) is 15.0. The third-order valence-corrected chi connectivity index (χ3v) is 4.18. The van der Waals surface area contributed by atoms with Crippen LogP contribution in [-0.2, 0) is 0 Å². The van der Waals surface area contributed by atoms with Gasteiger partial charge in [-0.25, -0.2) is 4.79 Å². The Morgan fingerprint density at radius 2 is 1.84 bits per heavy atom. The molecule has 3 rings (SSSR count). The van der Waals surface area contributed by atoms with Gasteiger partial charge in [0.25, 0.3) is 5.56 Å². The van der Waals surface area contributed by atoms with Crippen molar-refractivity contribution in [3.63, 3.8) is 0 Å². The predicted molar refractivity (Wildman–Crippen MR) is 95.8 cm³/mol. The molecule has 7 nitrogen and oxygen atoms in total. The standard InChI is InChI=1S/C17H14BrN3O4/c1-9-5-11(21-17(24)20-15(23)8-19-21)6-10(2)16(9)25-12-3-4-14(22)13(18)7-12/h3-8,22H,1-2H3,(H,20,23,24). The average molecular weight is 404 g/mol. The Balaban J connectivity index is 2.01. The number of hydrogen-bond donors (Lipinski definition) is 2. The van der Waals surface area contributed by atoms with Crippen molar-refractivity contribution in [2.24, 2.45) is 0 Å². The van der Waals surface area contributed by atoms with Crippen molar-refractivity contribution in [2.45, 2.75) is 13.8 Å². The molecule has 0 unspecified atom stereocenters. The number of ether oxygens (including phenoxy) is 1. The number of aromatic nitrogens is 3. The normalized spacial score (nSPS) is 10.7. The van der Waals surface area contributed by atoms with E-state index < -0.39 is 11.2 Å². The van der Waals surface area contributed by atoms with E-state index in [-0.39, 0.29) is 5.75 Å². The second-order valence-electron chi connectivity index (χ2n) is 5.47. The number of H-pyrrole nitrogens is 1. The number of benzene rings is 2. The lowest BCUT2D eigenvalue weighted by Gasteiger charge is -2.14. The first kappa shape index (κ1) is 17.0. The van der Waals surface area contributed by atoms with Crippen LogP contribution in [0.1, 0.15) is 11.1 Å². The summed E-state index contributed by atoms with van der Waals surface area (Å²) in [6.07, 6.45) is 1.05. The molecule has 3 aromatic rings. The first-order valence-corrected chi connectivity index (χ1v) is 8.11. The van der Waals surface area contributed by atoms with Crippen molar-refractivity contribution >= 4 is 15.9 Å². The summed E-state index contributed by atoms with van der Waals surface area (Å²) in [7, 11) is 0. The van der Waals surface area contributed by atoms with E-state index in [0.717, 1.165) is 22.0 Å². The topological polar surface area (TPSA) is 97.2 Å². The molecule has 2 N–H and O–H groups in total. The van der Waals surface area contributed by atoms with Crippen LogP contribution in [0.2, 0.25) is 0 Å². The van der Waals surface area contributed by atoms with Crippen LogP contribution >= 0.6 is 15.9 Å². The van der Waals surface area contributed by atoms with E-state index >= 15 is 0 Å². The lowest BCUT2D eigenvalue weighted by Crippen LogP contribution is -2.30. The summed E-state index contributed by atoms with van der Waals surface area (Å²) in [4.78, 5) is 25.2. The number of nitrogens with one attached hydrogen (secondary N) is 1. The van der Waals surface area contributed by atoms with Crippen molar-refractivity contribution < 1.29 is 9.84 Å². The van der Waals surface area contributed by atoms with Gasteiger partial charge in [0.15, 0.2) is 0 Å². The zero-order valence-electron chi connectivity index (χ0n) is 13.4. The smallest absolute Gasteiger partial charge is 0.349 e. The molecule has 0 bridgehead atoms. The molecule has 1 aromatic heterocycles. The molecule has 1 heterocycles. The minimum Gasteiger partial charge on any atom is -0.507 e. The highest BCUT2D eigenvalue weighted by atomic mass is 79.9. The first-order chi connectivity index (χ1) is 11.8. The summed E-state index contributed by atoms with van der Waals surface area (Å²) in [6, 6.07) is 8.33. The summed E-state index contributed by atoms with van der Waals surface area (Å²) in [5.74, 6) is 1.32. The van der Waals surface area contributed by atoms with Gasteiger partial charge in [-0.2, -0.15) is 9.78 Å².